The molecule has 2 atom stereocenters. The molecule has 5 rings (SSSR count). The highest BCUT2D eigenvalue weighted by molar-refractivity contribution is 7.77. The second-order valence-corrected chi connectivity index (χ2v) is 11.4. The third kappa shape index (κ3) is 6.81. The maximum Gasteiger partial charge on any atom is 0.142 e. The minimum atomic E-state index is -2.34. The van der Waals surface area contributed by atoms with E-state index in [-0.39, 0.29) is 24.3 Å². The molecule has 3 aromatic rings. The van der Waals surface area contributed by atoms with Crippen molar-refractivity contribution in [2.24, 2.45) is 0 Å². The van der Waals surface area contributed by atoms with Crippen molar-refractivity contribution >= 4 is 34.0 Å². The summed E-state index contributed by atoms with van der Waals surface area (Å²) in [4.78, 5) is 2.24. The van der Waals surface area contributed by atoms with Gasteiger partial charge in [-0.25, -0.2) is 9.11 Å². The van der Waals surface area contributed by atoms with E-state index in [9.17, 15) is 17.5 Å². The molecular formula is C31H32ClF2N2O3S-. The number of hydrogen-bond acceptors (Lipinski definition) is 4. The van der Waals surface area contributed by atoms with Crippen molar-refractivity contribution in [3.63, 3.8) is 0 Å². The molecular weight excluding hydrogens is 554 g/mol. The number of benzene rings is 3. The molecule has 1 unspecified atom stereocenters. The van der Waals surface area contributed by atoms with Gasteiger partial charge in [0, 0.05) is 37.4 Å². The van der Waals surface area contributed by atoms with Gasteiger partial charge in [0.25, 0.3) is 0 Å². The molecule has 0 radical (unpaired) electrons. The fourth-order valence-electron chi connectivity index (χ4n) is 5.70. The zero-order chi connectivity index (χ0) is 28.1. The summed E-state index contributed by atoms with van der Waals surface area (Å²) in [5, 5.41) is 0.107. The third-order valence-electron chi connectivity index (χ3n) is 7.57. The van der Waals surface area contributed by atoms with Crippen LogP contribution in [0.25, 0.3) is 11.1 Å². The Morgan fingerprint density at radius 3 is 2.70 bits per heavy atom. The molecule has 0 spiro atoms. The van der Waals surface area contributed by atoms with Crippen molar-refractivity contribution in [2.45, 2.75) is 44.8 Å². The van der Waals surface area contributed by atoms with E-state index < -0.39 is 17.1 Å². The lowest BCUT2D eigenvalue weighted by Gasteiger charge is -2.19. The molecule has 1 fully saturated rings. The van der Waals surface area contributed by atoms with E-state index in [0.717, 1.165) is 78.0 Å². The Morgan fingerprint density at radius 1 is 1.10 bits per heavy atom. The molecule has 40 heavy (non-hydrogen) atoms. The van der Waals surface area contributed by atoms with Gasteiger partial charge in [0.1, 0.15) is 17.7 Å². The van der Waals surface area contributed by atoms with Gasteiger partial charge in [-0.3, -0.25) is 13.5 Å². The Kier molecular flexibility index (Phi) is 9.65. The van der Waals surface area contributed by atoms with Crippen molar-refractivity contribution in [1.82, 2.24) is 9.62 Å². The van der Waals surface area contributed by atoms with Crippen LogP contribution in [-0.2, 0) is 24.2 Å². The fraction of sp³-hybridized carbons (Fsp3) is 0.355. The van der Waals surface area contributed by atoms with Gasteiger partial charge in [-0.05, 0) is 89.3 Å². The lowest BCUT2D eigenvalue weighted by atomic mass is 9.87. The molecule has 0 amide bonds. The standard InChI is InChI=1S/C31H33ClF2N2O3S/c32-31-28(6-2-7-29(31)34)27-5-1-4-23-18-21(19-35-40(37)38)8-13-26(23)30(27)22-9-11-24(12-10-22)39-25-14-17-36(20-25)16-3-15-33/h2,6-13,18,25,35H,1,3-5,14-17,19-20H2,(H,37,38)/p-1/t25-/m0/s1. The number of likely N-dealkylation sites (tertiary alicyclic amines) is 1. The molecule has 1 saturated heterocycles. The third-order valence-corrected chi connectivity index (χ3v) is 8.33. The van der Waals surface area contributed by atoms with Crippen LogP contribution >= 0.6 is 11.6 Å². The highest BCUT2D eigenvalue weighted by atomic mass is 35.5. The number of halogens is 3. The predicted molar refractivity (Wildman–Crippen MR) is 155 cm³/mol. The highest BCUT2D eigenvalue weighted by Gasteiger charge is 2.25. The summed E-state index contributed by atoms with van der Waals surface area (Å²) in [6, 6.07) is 18.9. The molecule has 0 aromatic heterocycles. The Bertz CT molecular complexity index is 1400. The van der Waals surface area contributed by atoms with E-state index in [0.29, 0.717) is 18.4 Å². The quantitative estimate of drug-likeness (QED) is 0.277. The van der Waals surface area contributed by atoms with Crippen LogP contribution in [0.1, 0.15) is 53.5 Å². The van der Waals surface area contributed by atoms with Crippen LogP contribution < -0.4 is 9.46 Å². The van der Waals surface area contributed by atoms with Gasteiger partial charge in [0.15, 0.2) is 0 Å². The number of rotatable bonds is 10. The number of hydrogen-bond donors (Lipinski definition) is 1. The van der Waals surface area contributed by atoms with Gasteiger partial charge in [-0.15, -0.1) is 0 Å². The lowest BCUT2D eigenvalue weighted by Crippen LogP contribution is -2.26. The van der Waals surface area contributed by atoms with Gasteiger partial charge in [0.2, 0.25) is 0 Å². The molecule has 1 aliphatic carbocycles. The van der Waals surface area contributed by atoms with Gasteiger partial charge in [-0.1, -0.05) is 54.1 Å². The van der Waals surface area contributed by atoms with Crippen LogP contribution in [-0.4, -0.2) is 46.1 Å². The summed E-state index contributed by atoms with van der Waals surface area (Å²) >= 11 is 4.16. The van der Waals surface area contributed by atoms with Crippen LogP contribution in [0.4, 0.5) is 8.78 Å². The largest absolute Gasteiger partial charge is 0.760 e. The monoisotopic (exact) mass is 585 g/mol. The maximum absolute atomic E-state index is 14.6. The first-order valence-electron chi connectivity index (χ1n) is 13.6. The van der Waals surface area contributed by atoms with Gasteiger partial charge < -0.3 is 9.29 Å². The van der Waals surface area contributed by atoms with Gasteiger partial charge in [0.05, 0.1) is 11.7 Å². The number of aryl methyl sites for hydroxylation is 1. The van der Waals surface area contributed by atoms with Crippen LogP contribution in [0, 0.1) is 5.82 Å². The Hall–Kier alpha value is -2.62. The van der Waals surface area contributed by atoms with Crippen LogP contribution in [0.2, 0.25) is 5.02 Å². The number of fused-ring (bicyclic) bond motifs is 1. The van der Waals surface area contributed by atoms with Gasteiger partial charge in [-0.2, -0.15) is 0 Å². The summed E-state index contributed by atoms with van der Waals surface area (Å²) in [6.07, 6.45) is 3.87. The van der Waals surface area contributed by atoms with E-state index in [4.69, 9.17) is 16.3 Å². The molecule has 3 aromatic carbocycles. The smallest absolute Gasteiger partial charge is 0.142 e. The lowest BCUT2D eigenvalue weighted by molar-refractivity contribution is 0.198. The van der Waals surface area contributed by atoms with Crippen LogP contribution in [0.3, 0.4) is 0 Å². The minimum Gasteiger partial charge on any atom is -0.760 e. The summed E-state index contributed by atoms with van der Waals surface area (Å²) in [7, 11) is 0. The van der Waals surface area contributed by atoms with E-state index in [1.807, 2.05) is 48.5 Å². The Morgan fingerprint density at radius 2 is 1.93 bits per heavy atom. The number of allylic oxidation sites excluding steroid dienone is 1. The van der Waals surface area contributed by atoms with Crippen molar-refractivity contribution in [1.29, 1.82) is 0 Å². The predicted octanol–water partition coefficient (Wildman–Crippen LogP) is 6.47. The Labute approximate surface area is 241 Å². The molecule has 1 heterocycles. The average Bonchev–Trinajstić information content (AvgIpc) is 3.31. The maximum atomic E-state index is 14.6. The molecule has 2 aliphatic rings. The molecule has 212 valence electrons. The average molecular weight is 586 g/mol. The number of alkyl halides is 1. The van der Waals surface area contributed by atoms with E-state index in [2.05, 4.69) is 9.62 Å². The summed E-state index contributed by atoms with van der Waals surface area (Å²) in [5.74, 6) is 0.316. The zero-order valence-electron chi connectivity index (χ0n) is 22.1. The molecule has 9 heteroatoms. The minimum absolute atomic E-state index is 0.0698. The van der Waals surface area contributed by atoms with E-state index >= 15 is 0 Å². The Balaban J connectivity index is 1.49. The zero-order valence-corrected chi connectivity index (χ0v) is 23.7. The second-order valence-electron chi connectivity index (χ2n) is 10.3. The number of ether oxygens (including phenoxy) is 1. The van der Waals surface area contributed by atoms with Crippen molar-refractivity contribution < 1.29 is 22.3 Å². The van der Waals surface area contributed by atoms with Crippen molar-refractivity contribution in [2.75, 3.05) is 26.3 Å². The summed E-state index contributed by atoms with van der Waals surface area (Å²) in [5.41, 5.74) is 6.60. The normalized spacial score (nSPS) is 18.4. The van der Waals surface area contributed by atoms with Crippen LogP contribution in [0.15, 0.2) is 60.7 Å². The fourth-order valence-corrected chi connectivity index (χ4v) is 6.23. The van der Waals surface area contributed by atoms with E-state index in [1.165, 1.54) is 6.07 Å². The molecule has 0 bridgehead atoms. The summed E-state index contributed by atoms with van der Waals surface area (Å²) in [6.45, 7) is 2.36. The SMILES string of the molecule is O=S([O-])NCc1ccc2c(c1)CCCC(c1cccc(F)c1Cl)=C2c1ccc(O[C@H]2CCN(CCCF)C2)cc1. The first-order chi connectivity index (χ1) is 19.4. The van der Waals surface area contributed by atoms with Gasteiger partial charge >= 0.3 is 0 Å². The first kappa shape index (κ1) is 28.9. The first-order valence-corrected chi connectivity index (χ1v) is 15.1. The van der Waals surface area contributed by atoms with Crippen molar-refractivity contribution in [3.8, 4) is 5.75 Å². The summed E-state index contributed by atoms with van der Waals surface area (Å²) < 4.78 is 57.8. The number of nitrogens with one attached hydrogen (secondary N) is 1. The molecule has 0 saturated carbocycles. The molecule has 1 aliphatic heterocycles. The van der Waals surface area contributed by atoms with E-state index in [1.54, 1.807) is 6.07 Å². The molecule has 5 nitrogen and oxygen atoms in total. The van der Waals surface area contributed by atoms with Crippen LogP contribution in [0.5, 0.6) is 5.75 Å². The molecule has 1 N–H and O–H groups in total. The topological polar surface area (TPSA) is 64.6 Å². The highest BCUT2D eigenvalue weighted by Crippen LogP contribution is 2.42. The number of nitrogens with zero attached hydrogens (tertiary/aromatic N) is 1. The second kappa shape index (κ2) is 13.4. The van der Waals surface area contributed by atoms with Crippen molar-refractivity contribution in [3.05, 3.63) is 99.3 Å².